The van der Waals surface area contributed by atoms with E-state index >= 15 is 0 Å². The van der Waals surface area contributed by atoms with Crippen LogP contribution >= 0.6 is 0 Å². The zero-order chi connectivity index (χ0) is 24.6. The summed E-state index contributed by atoms with van der Waals surface area (Å²) in [6, 6.07) is 6.40. The van der Waals surface area contributed by atoms with E-state index in [1.165, 1.54) is 4.90 Å². The maximum Gasteiger partial charge on any atom is 0.300 e. The Hall–Kier alpha value is -4.54. The largest absolute Gasteiger partial charge is 0.346 e. The minimum Gasteiger partial charge on any atom is -0.346 e. The number of nitro groups is 2. The second-order valence-corrected chi connectivity index (χ2v) is 8.13. The monoisotopic (exact) mass is 463 g/mol. The Morgan fingerprint density at radius 3 is 2.35 bits per heavy atom. The quantitative estimate of drug-likeness (QED) is 0.510. The minimum absolute atomic E-state index is 0.249. The number of aryl methyl sites for hydroxylation is 2. The van der Waals surface area contributed by atoms with Crippen LogP contribution in [-0.4, -0.2) is 45.2 Å². The van der Waals surface area contributed by atoms with Gasteiger partial charge in [-0.2, -0.15) is 0 Å². The average molecular weight is 463 g/mol. The van der Waals surface area contributed by atoms with E-state index in [9.17, 15) is 29.8 Å². The molecule has 0 spiro atoms. The molecule has 1 aliphatic carbocycles. The number of piperazine rings is 1. The number of hydrogen-bond donors (Lipinski definition) is 2. The van der Waals surface area contributed by atoms with Gasteiger partial charge in [0.05, 0.1) is 27.5 Å². The molecule has 11 heteroatoms. The summed E-state index contributed by atoms with van der Waals surface area (Å²) in [4.78, 5) is 49.0. The molecule has 0 bridgehead atoms. The van der Waals surface area contributed by atoms with E-state index < -0.39 is 45.1 Å². The first-order valence-electron chi connectivity index (χ1n) is 10.4. The van der Waals surface area contributed by atoms with Crippen molar-refractivity contribution < 1.29 is 19.4 Å². The summed E-state index contributed by atoms with van der Waals surface area (Å²) in [5, 5.41) is 29.4. The molecule has 2 atom stereocenters. The molecular formula is C23H21N5O6. The number of rotatable bonds is 5. The van der Waals surface area contributed by atoms with Gasteiger partial charge < -0.3 is 15.5 Å². The lowest BCUT2D eigenvalue weighted by Crippen LogP contribution is -2.61. The first-order chi connectivity index (χ1) is 16.2. The Bertz CT molecular complexity index is 1250. The van der Waals surface area contributed by atoms with Crippen LogP contribution in [0.15, 0.2) is 54.6 Å². The number of amides is 2. The van der Waals surface area contributed by atoms with Gasteiger partial charge in [-0.15, -0.1) is 0 Å². The lowest BCUT2D eigenvalue weighted by atomic mass is 9.97. The fourth-order valence-electron chi connectivity index (χ4n) is 4.05. The van der Waals surface area contributed by atoms with Gasteiger partial charge in [0.1, 0.15) is 6.54 Å². The lowest BCUT2D eigenvalue weighted by molar-refractivity contribution is -0.392. The Morgan fingerprint density at radius 2 is 1.71 bits per heavy atom. The first-order valence-corrected chi connectivity index (χ1v) is 10.4. The number of nitrogens with zero attached hydrogens (tertiary/aromatic N) is 3. The van der Waals surface area contributed by atoms with E-state index in [-0.39, 0.29) is 17.8 Å². The van der Waals surface area contributed by atoms with Crippen molar-refractivity contribution >= 4 is 34.6 Å². The van der Waals surface area contributed by atoms with E-state index in [0.29, 0.717) is 5.69 Å². The number of nitro benzene ring substituents is 2. The second-order valence-electron chi connectivity index (χ2n) is 8.13. The molecule has 1 heterocycles. The van der Waals surface area contributed by atoms with Crippen molar-refractivity contribution in [3.8, 4) is 0 Å². The third-order valence-electron chi connectivity index (χ3n) is 5.76. The molecule has 2 aromatic rings. The van der Waals surface area contributed by atoms with Crippen LogP contribution in [-0.2, 0) is 4.79 Å². The summed E-state index contributed by atoms with van der Waals surface area (Å²) in [6.07, 6.45) is 6.91. The molecule has 0 saturated carbocycles. The summed E-state index contributed by atoms with van der Waals surface area (Å²) in [5.41, 5.74) is 0.261. The number of carbonyl (C=O) groups is 2. The number of carbonyl (C=O) groups excluding carboxylic acids is 2. The van der Waals surface area contributed by atoms with Crippen LogP contribution in [0.3, 0.4) is 0 Å². The van der Waals surface area contributed by atoms with Crippen LogP contribution in [0.4, 0.5) is 22.7 Å². The van der Waals surface area contributed by atoms with Crippen LogP contribution in [0.2, 0.25) is 0 Å². The molecule has 0 aromatic heterocycles. The van der Waals surface area contributed by atoms with E-state index in [0.717, 1.165) is 23.3 Å². The summed E-state index contributed by atoms with van der Waals surface area (Å²) in [6.45, 7) is 3.32. The smallest absolute Gasteiger partial charge is 0.300 e. The van der Waals surface area contributed by atoms with E-state index in [2.05, 4.69) is 10.6 Å². The molecule has 2 amide bonds. The molecule has 2 aromatic carbocycles. The Balaban J connectivity index is 1.79. The molecular weight excluding hydrogens is 442 g/mol. The highest BCUT2D eigenvalue weighted by atomic mass is 16.6. The molecule has 174 valence electrons. The zero-order valence-corrected chi connectivity index (χ0v) is 18.3. The Morgan fingerprint density at radius 1 is 1.06 bits per heavy atom. The summed E-state index contributed by atoms with van der Waals surface area (Å²) in [7, 11) is 0. The highest BCUT2D eigenvalue weighted by Crippen LogP contribution is 2.39. The average Bonchev–Trinajstić information content (AvgIpc) is 2.80. The summed E-state index contributed by atoms with van der Waals surface area (Å²) in [5.74, 6) is -1.11. The normalized spacial score (nSPS) is 18.8. The number of allylic oxidation sites excluding steroid dienone is 2. The fourth-order valence-corrected chi connectivity index (χ4v) is 4.05. The number of fused-ring (bicyclic) bond motifs is 1. The predicted molar refractivity (Wildman–Crippen MR) is 124 cm³/mol. The molecule has 2 unspecified atom stereocenters. The van der Waals surface area contributed by atoms with Crippen molar-refractivity contribution in [3.63, 3.8) is 0 Å². The molecule has 11 nitrogen and oxygen atoms in total. The summed E-state index contributed by atoms with van der Waals surface area (Å²) < 4.78 is 0. The van der Waals surface area contributed by atoms with E-state index in [1.807, 2.05) is 13.0 Å². The molecule has 0 radical (unpaired) electrons. The van der Waals surface area contributed by atoms with Crippen molar-refractivity contribution in [2.75, 3.05) is 11.9 Å². The van der Waals surface area contributed by atoms with Gasteiger partial charge in [-0.05, 0) is 31.0 Å². The minimum atomic E-state index is -0.772. The predicted octanol–water partition coefficient (Wildman–Crippen LogP) is 3.30. The standard InChI is InChI=1S/C23H21N5O6/c1-13-7-8-14(2)17(9-13)25-22-19(27(31)32)10-15(11-20(22)28(33)34)23(30)26-12-21(29)24-16-5-3-4-6-18(16)26/h3-11,16,18,25H,12H2,1-2H3,(H,24,29). The fraction of sp³-hybridized carbons (Fsp3) is 0.217. The molecule has 2 aliphatic rings. The SMILES string of the molecule is Cc1ccc(C)c(Nc2c([N+](=O)[O-])cc(C(=O)N3CC(=O)NC4C=CC=CC43)cc2[N+](=O)[O-])c1. The van der Waals surface area contributed by atoms with Crippen molar-refractivity contribution in [1.82, 2.24) is 10.2 Å². The van der Waals surface area contributed by atoms with Gasteiger partial charge in [-0.25, -0.2) is 0 Å². The highest BCUT2D eigenvalue weighted by Gasteiger charge is 2.38. The Kier molecular flexibility index (Phi) is 5.84. The van der Waals surface area contributed by atoms with Crippen LogP contribution in [0, 0.1) is 34.1 Å². The van der Waals surface area contributed by atoms with Crippen LogP contribution < -0.4 is 10.6 Å². The third-order valence-corrected chi connectivity index (χ3v) is 5.76. The Labute approximate surface area is 194 Å². The summed E-state index contributed by atoms with van der Waals surface area (Å²) >= 11 is 0. The number of anilines is 2. The molecule has 34 heavy (non-hydrogen) atoms. The first kappa shape index (κ1) is 22.6. The van der Waals surface area contributed by atoms with Gasteiger partial charge in [0.15, 0.2) is 5.69 Å². The van der Waals surface area contributed by atoms with E-state index in [4.69, 9.17) is 0 Å². The van der Waals surface area contributed by atoms with Crippen LogP contribution in [0.25, 0.3) is 0 Å². The second kappa shape index (κ2) is 8.77. The van der Waals surface area contributed by atoms with Crippen LogP contribution in [0.5, 0.6) is 0 Å². The van der Waals surface area contributed by atoms with Crippen molar-refractivity contribution in [1.29, 1.82) is 0 Å². The maximum atomic E-state index is 13.3. The lowest BCUT2D eigenvalue weighted by Gasteiger charge is -2.39. The van der Waals surface area contributed by atoms with Gasteiger partial charge in [-0.3, -0.25) is 29.8 Å². The third kappa shape index (κ3) is 4.22. The zero-order valence-electron chi connectivity index (χ0n) is 18.3. The van der Waals surface area contributed by atoms with Gasteiger partial charge in [-0.1, -0.05) is 36.4 Å². The molecule has 2 N–H and O–H groups in total. The molecule has 4 rings (SSSR count). The van der Waals surface area contributed by atoms with Crippen molar-refractivity contribution in [3.05, 3.63) is 91.6 Å². The van der Waals surface area contributed by atoms with Crippen molar-refractivity contribution in [2.24, 2.45) is 0 Å². The molecule has 1 fully saturated rings. The van der Waals surface area contributed by atoms with Gasteiger partial charge >= 0.3 is 11.4 Å². The maximum absolute atomic E-state index is 13.3. The topological polar surface area (TPSA) is 148 Å². The number of benzene rings is 2. The van der Waals surface area contributed by atoms with Gasteiger partial charge in [0, 0.05) is 17.8 Å². The van der Waals surface area contributed by atoms with E-state index in [1.54, 1.807) is 43.4 Å². The molecule has 1 aliphatic heterocycles. The molecule has 1 saturated heterocycles. The van der Waals surface area contributed by atoms with Gasteiger partial charge in [0.25, 0.3) is 5.91 Å². The number of nitrogens with one attached hydrogen (secondary N) is 2. The number of hydrogen-bond acceptors (Lipinski definition) is 7. The van der Waals surface area contributed by atoms with Gasteiger partial charge in [0.2, 0.25) is 5.91 Å². The van der Waals surface area contributed by atoms with Crippen LogP contribution in [0.1, 0.15) is 21.5 Å². The highest BCUT2D eigenvalue weighted by molar-refractivity contribution is 6.00. The van der Waals surface area contributed by atoms with Crippen molar-refractivity contribution in [2.45, 2.75) is 25.9 Å².